The molecule has 0 fully saturated rings. The average molecular weight is 282 g/mol. The maximum atomic E-state index is 5.44. The topological polar surface area (TPSA) is 42.3 Å². The Morgan fingerprint density at radius 3 is 2.50 bits per heavy atom. The Hall–Kier alpha value is -1.07. The molecule has 1 unspecified atom stereocenters. The van der Waals surface area contributed by atoms with Crippen molar-refractivity contribution >= 4 is 0 Å². The summed E-state index contributed by atoms with van der Waals surface area (Å²) in [4.78, 5) is 2.23. The number of nitrogens with zero attached hydrogens (tertiary/aromatic N) is 3. The second-order valence-corrected chi connectivity index (χ2v) is 6.17. The number of rotatable bonds is 8. The van der Waals surface area contributed by atoms with Crippen molar-refractivity contribution in [1.82, 2.24) is 20.0 Å². The van der Waals surface area contributed by atoms with E-state index in [-0.39, 0.29) is 0 Å². The lowest BCUT2D eigenvalue weighted by Gasteiger charge is -2.24. The molecule has 1 heterocycles. The zero-order chi connectivity index (χ0) is 15.3. The third-order valence-electron chi connectivity index (χ3n) is 3.39. The lowest BCUT2D eigenvalue weighted by atomic mass is 10.0. The first-order chi connectivity index (χ1) is 9.35. The van der Waals surface area contributed by atoms with Gasteiger partial charge in [0.15, 0.2) is 0 Å². The van der Waals surface area contributed by atoms with Gasteiger partial charge in [-0.1, -0.05) is 13.8 Å². The van der Waals surface area contributed by atoms with Gasteiger partial charge in [0.25, 0.3) is 0 Å². The molecule has 0 saturated heterocycles. The molecule has 1 atom stereocenters. The summed E-state index contributed by atoms with van der Waals surface area (Å²) in [6.45, 7) is 8.40. The average Bonchev–Trinajstić information content (AvgIpc) is 2.58. The first-order valence-electron chi connectivity index (χ1n) is 7.29. The zero-order valence-electron chi connectivity index (χ0n) is 14.0. The fourth-order valence-corrected chi connectivity index (χ4v) is 2.62. The Kier molecular flexibility index (Phi) is 6.49. The molecular weight excluding hydrogens is 252 g/mol. The van der Waals surface area contributed by atoms with E-state index in [4.69, 9.17) is 4.74 Å². The molecule has 116 valence electrons. The smallest absolute Gasteiger partial charge is 0.216 e. The van der Waals surface area contributed by atoms with Crippen LogP contribution in [0.25, 0.3) is 0 Å². The Labute approximate surface area is 123 Å². The number of aryl methyl sites for hydroxylation is 2. The van der Waals surface area contributed by atoms with Gasteiger partial charge in [0.2, 0.25) is 5.88 Å². The molecule has 0 aliphatic carbocycles. The van der Waals surface area contributed by atoms with E-state index in [9.17, 15) is 0 Å². The highest BCUT2D eigenvalue weighted by molar-refractivity contribution is 5.30. The molecule has 5 nitrogen and oxygen atoms in total. The van der Waals surface area contributed by atoms with Gasteiger partial charge in [0, 0.05) is 26.2 Å². The van der Waals surface area contributed by atoms with E-state index in [1.807, 2.05) is 14.0 Å². The molecule has 5 heteroatoms. The van der Waals surface area contributed by atoms with E-state index in [2.05, 4.69) is 43.3 Å². The standard InChI is InChI=1S/C15H30N4O/c1-11(2)8-13(10-18(4)5)16-9-14-12(3)17-19(6)15(14)20-7/h11,13,16H,8-10H2,1-7H3. The second-order valence-electron chi connectivity index (χ2n) is 6.17. The van der Waals surface area contributed by atoms with Gasteiger partial charge >= 0.3 is 0 Å². The van der Waals surface area contributed by atoms with Crippen molar-refractivity contribution in [3.63, 3.8) is 0 Å². The molecule has 20 heavy (non-hydrogen) atoms. The fourth-order valence-electron chi connectivity index (χ4n) is 2.62. The predicted octanol–water partition coefficient (Wildman–Crippen LogP) is 1.80. The van der Waals surface area contributed by atoms with Gasteiger partial charge in [-0.05, 0) is 33.4 Å². The van der Waals surface area contributed by atoms with E-state index in [0.717, 1.165) is 30.2 Å². The van der Waals surface area contributed by atoms with Gasteiger partial charge in [-0.15, -0.1) is 0 Å². The third-order valence-corrected chi connectivity index (χ3v) is 3.39. The molecular formula is C15H30N4O. The largest absolute Gasteiger partial charge is 0.481 e. The fraction of sp³-hybridized carbons (Fsp3) is 0.800. The lowest BCUT2D eigenvalue weighted by molar-refractivity contribution is 0.302. The summed E-state index contributed by atoms with van der Waals surface area (Å²) in [5.41, 5.74) is 2.19. The normalized spacial score (nSPS) is 13.2. The highest BCUT2D eigenvalue weighted by Gasteiger charge is 2.17. The van der Waals surface area contributed by atoms with Crippen LogP contribution in [0, 0.1) is 12.8 Å². The van der Waals surface area contributed by atoms with Crippen LogP contribution in [0.15, 0.2) is 0 Å². The van der Waals surface area contributed by atoms with Crippen LogP contribution in [0.4, 0.5) is 0 Å². The molecule has 1 aromatic heterocycles. The van der Waals surface area contributed by atoms with Crippen molar-refractivity contribution in [2.45, 2.75) is 39.8 Å². The minimum absolute atomic E-state index is 0.481. The van der Waals surface area contributed by atoms with Crippen LogP contribution in [0.5, 0.6) is 5.88 Å². The summed E-state index contributed by atoms with van der Waals surface area (Å²) in [5, 5.41) is 8.08. The maximum Gasteiger partial charge on any atom is 0.216 e. The Morgan fingerprint density at radius 1 is 1.35 bits per heavy atom. The molecule has 0 bridgehead atoms. The summed E-state index contributed by atoms with van der Waals surface area (Å²) >= 11 is 0. The maximum absolute atomic E-state index is 5.44. The van der Waals surface area contributed by atoms with Crippen molar-refractivity contribution in [3.8, 4) is 5.88 Å². The molecule has 0 aliphatic rings. The number of nitrogens with one attached hydrogen (secondary N) is 1. The Bertz CT molecular complexity index is 402. The van der Waals surface area contributed by atoms with Gasteiger partial charge in [-0.25, -0.2) is 4.68 Å². The Morgan fingerprint density at radius 2 is 2.00 bits per heavy atom. The van der Waals surface area contributed by atoms with Crippen LogP contribution in [0.3, 0.4) is 0 Å². The summed E-state index contributed by atoms with van der Waals surface area (Å²) in [7, 11) is 7.85. The van der Waals surface area contributed by atoms with Crippen molar-refractivity contribution < 1.29 is 4.74 Å². The van der Waals surface area contributed by atoms with Gasteiger partial charge in [-0.3, -0.25) is 0 Å². The third kappa shape index (κ3) is 4.80. The number of hydrogen-bond donors (Lipinski definition) is 1. The number of hydrogen-bond acceptors (Lipinski definition) is 4. The zero-order valence-corrected chi connectivity index (χ0v) is 14.0. The van der Waals surface area contributed by atoms with Crippen LogP contribution in [0.1, 0.15) is 31.5 Å². The first-order valence-corrected chi connectivity index (χ1v) is 7.29. The monoisotopic (exact) mass is 282 g/mol. The van der Waals surface area contributed by atoms with Crippen LogP contribution in [-0.2, 0) is 13.6 Å². The highest BCUT2D eigenvalue weighted by atomic mass is 16.5. The summed E-state index contributed by atoms with van der Waals surface area (Å²) in [6.07, 6.45) is 1.17. The van der Waals surface area contributed by atoms with E-state index in [1.54, 1.807) is 11.8 Å². The molecule has 1 rings (SSSR count). The second kappa shape index (κ2) is 7.64. The summed E-state index contributed by atoms with van der Waals surface area (Å²) in [6, 6.07) is 0.481. The molecule has 1 aromatic rings. The summed E-state index contributed by atoms with van der Waals surface area (Å²) in [5.74, 6) is 1.53. The molecule has 0 amide bonds. The van der Waals surface area contributed by atoms with Gasteiger partial charge in [0.1, 0.15) is 0 Å². The van der Waals surface area contributed by atoms with E-state index >= 15 is 0 Å². The molecule has 0 saturated carbocycles. The van der Waals surface area contributed by atoms with E-state index in [1.165, 1.54) is 6.42 Å². The minimum Gasteiger partial charge on any atom is -0.481 e. The van der Waals surface area contributed by atoms with Crippen LogP contribution in [0.2, 0.25) is 0 Å². The Balaban J connectivity index is 2.71. The van der Waals surface area contributed by atoms with Crippen LogP contribution >= 0.6 is 0 Å². The number of likely N-dealkylation sites (N-methyl/N-ethyl adjacent to an activating group) is 1. The number of aromatic nitrogens is 2. The lowest BCUT2D eigenvalue weighted by Crippen LogP contribution is -2.38. The molecule has 0 spiro atoms. The molecule has 0 aromatic carbocycles. The molecule has 0 radical (unpaired) electrons. The van der Waals surface area contributed by atoms with Crippen LogP contribution < -0.4 is 10.1 Å². The van der Waals surface area contributed by atoms with Crippen molar-refractivity contribution in [2.24, 2.45) is 13.0 Å². The molecule has 0 aliphatic heterocycles. The van der Waals surface area contributed by atoms with Crippen molar-refractivity contribution in [3.05, 3.63) is 11.3 Å². The van der Waals surface area contributed by atoms with Gasteiger partial charge < -0.3 is 15.0 Å². The van der Waals surface area contributed by atoms with E-state index in [0.29, 0.717) is 12.0 Å². The number of ether oxygens (including phenoxy) is 1. The van der Waals surface area contributed by atoms with Gasteiger partial charge in [-0.2, -0.15) is 5.10 Å². The molecule has 1 N–H and O–H groups in total. The quantitative estimate of drug-likeness (QED) is 0.789. The van der Waals surface area contributed by atoms with Crippen molar-refractivity contribution in [1.29, 1.82) is 0 Å². The summed E-state index contributed by atoms with van der Waals surface area (Å²) < 4.78 is 7.24. The predicted molar refractivity (Wildman–Crippen MR) is 83.1 cm³/mol. The van der Waals surface area contributed by atoms with Crippen LogP contribution in [-0.4, -0.2) is 48.5 Å². The first kappa shape index (κ1) is 17.0. The van der Waals surface area contributed by atoms with Gasteiger partial charge in [0.05, 0.1) is 18.4 Å². The van der Waals surface area contributed by atoms with Crippen molar-refractivity contribution in [2.75, 3.05) is 27.7 Å². The van der Waals surface area contributed by atoms with E-state index < -0.39 is 0 Å². The number of methoxy groups -OCH3 is 1. The SMILES string of the molecule is COc1c(CNC(CC(C)C)CN(C)C)c(C)nn1C. The highest BCUT2D eigenvalue weighted by Crippen LogP contribution is 2.21. The minimum atomic E-state index is 0.481.